The van der Waals surface area contributed by atoms with Crippen molar-refractivity contribution in [2.45, 2.75) is 31.7 Å². The average Bonchev–Trinajstić information content (AvgIpc) is 2.40. The molecule has 1 heterocycles. The summed E-state index contributed by atoms with van der Waals surface area (Å²) in [5.41, 5.74) is 8.59. The van der Waals surface area contributed by atoms with E-state index in [1.54, 1.807) is 0 Å². The van der Waals surface area contributed by atoms with Gasteiger partial charge in [0.05, 0.1) is 16.7 Å². The molecule has 2 aromatic rings. The first kappa shape index (κ1) is 16.7. The Balaban J connectivity index is 0.00000200. The summed E-state index contributed by atoms with van der Waals surface area (Å²) in [6.45, 7) is 4.86. The van der Waals surface area contributed by atoms with Crippen LogP contribution in [-0.2, 0) is 0 Å². The van der Waals surface area contributed by atoms with Gasteiger partial charge in [0.2, 0.25) is 0 Å². The van der Waals surface area contributed by atoms with Crippen molar-refractivity contribution in [2.24, 2.45) is 10.7 Å². The number of para-hydroxylation sites is 2. The second-order valence-electron chi connectivity index (χ2n) is 4.28. The quantitative estimate of drug-likeness (QED) is 0.406. The van der Waals surface area contributed by atoms with Crippen LogP contribution >= 0.6 is 24.2 Å². The number of halogens is 1. The van der Waals surface area contributed by atoms with Crippen molar-refractivity contribution < 1.29 is 0 Å². The van der Waals surface area contributed by atoms with Gasteiger partial charge in [0.1, 0.15) is 5.03 Å². The van der Waals surface area contributed by atoms with E-state index in [2.05, 4.69) is 21.9 Å². The van der Waals surface area contributed by atoms with Crippen LogP contribution < -0.4 is 5.73 Å². The maximum Gasteiger partial charge on any atom is 0.160 e. The van der Waals surface area contributed by atoms with Gasteiger partial charge in [-0.3, -0.25) is 4.99 Å². The number of amidine groups is 1. The van der Waals surface area contributed by atoms with Gasteiger partial charge in [-0.15, -0.1) is 12.4 Å². The van der Waals surface area contributed by atoms with Crippen molar-refractivity contribution in [3.05, 3.63) is 30.0 Å². The zero-order valence-electron chi connectivity index (χ0n) is 11.7. The second kappa shape index (κ2) is 8.07. The number of fused-ring (bicyclic) bond motifs is 1. The van der Waals surface area contributed by atoms with E-state index >= 15 is 0 Å². The fraction of sp³-hybridized carbons (Fsp3) is 0.357. The molecule has 0 aliphatic heterocycles. The predicted octanol–water partition coefficient (Wildman–Crippen LogP) is 3.57. The van der Waals surface area contributed by atoms with Crippen LogP contribution in [0.4, 0.5) is 0 Å². The molecule has 0 amide bonds. The number of unbranched alkanes of at least 4 members (excludes halogenated alkanes) is 1. The number of hydrogen-bond acceptors (Lipinski definition) is 4. The average molecular weight is 311 g/mol. The zero-order valence-corrected chi connectivity index (χ0v) is 13.3. The van der Waals surface area contributed by atoms with Gasteiger partial charge in [-0.25, -0.2) is 9.97 Å². The van der Waals surface area contributed by atoms with Gasteiger partial charge in [-0.05, 0) is 37.2 Å². The number of aromatic nitrogens is 2. The molecule has 1 aromatic heterocycles. The highest BCUT2D eigenvalue weighted by Gasteiger charge is 2.07. The summed E-state index contributed by atoms with van der Waals surface area (Å²) < 4.78 is 0. The fourth-order valence-corrected chi connectivity index (χ4v) is 2.34. The standard InChI is InChI=1S/C14H18N4S.ClH/c1-3-4-9-16-14(15)19-13-10(2)17-11-7-5-6-8-12(11)18-13;/h5-8H,3-4,9H2,1-2H3,(H2,15,16);1H. The van der Waals surface area contributed by atoms with Crippen molar-refractivity contribution in [3.63, 3.8) is 0 Å². The van der Waals surface area contributed by atoms with E-state index in [1.807, 2.05) is 31.2 Å². The van der Waals surface area contributed by atoms with Crippen LogP contribution in [0.3, 0.4) is 0 Å². The lowest BCUT2D eigenvalue weighted by atomic mass is 10.3. The number of nitrogens with zero attached hydrogens (tertiary/aromatic N) is 3. The summed E-state index contributed by atoms with van der Waals surface area (Å²) in [7, 11) is 0. The van der Waals surface area contributed by atoms with Crippen LogP contribution in [0.15, 0.2) is 34.3 Å². The van der Waals surface area contributed by atoms with Crippen LogP contribution in [0.5, 0.6) is 0 Å². The number of benzene rings is 1. The van der Waals surface area contributed by atoms with Crippen LogP contribution in [-0.4, -0.2) is 21.7 Å². The zero-order chi connectivity index (χ0) is 13.7. The molecule has 20 heavy (non-hydrogen) atoms. The Kier molecular flexibility index (Phi) is 6.75. The van der Waals surface area contributed by atoms with E-state index < -0.39 is 0 Å². The van der Waals surface area contributed by atoms with Crippen molar-refractivity contribution in [3.8, 4) is 0 Å². The first-order valence-corrected chi connectivity index (χ1v) is 7.23. The molecular formula is C14H19ClN4S. The molecule has 2 rings (SSSR count). The third kappa shape index (κ3) is 4.35. The minimum atomic E-state index is 0. The molecule has 0 unspecified atom stereocenters. The number of thioether (sulfide) groups is 1. The fourth-order valence-electron chi connectivity index (χ4n) is 1.65. The smallest absolute Gasteiger partial charge is 0.160 e. The Morgan fingerprint density at radius 1 is 1.25 bits per heavy atom. The second-order valence-corrected chi connectivity index (χ2v) is 5.29. The maximum atomic E-state index is 5.90. The van der Waals surface area contributed by atoms with Crippen LogP contribution in [0, 0.1) is 6.92 Å². The van der Waals surface area contributed by atoms with E-state index in [0.29, 0.717) is 5.17 Å². The summed E-state index contributed by atoms with van der Waals surface area (Å²) in [5, 5.41) is 1.39. The number of aliphatic imine (C=N–C) groups is 1. The summed E-state index contributed by atoms with van der Waals surface area (Å²) in [5.74, 6) is 0. The highest BCUT2D eigenvalue weighted by atomic mass is 35.5. The molecule has 1 aromatic carbocycles. The molecule has 0 aliphatic carbocycles. The molecule has 0 saturated heterocycles. The summed E-state index contributed by atoms with van der Waals surface area (Å²) >= 11 is 1.39. The molecule has 0 bridgehead atoms. The van der Waals surface area contributed by atoms with Gasteiger partial charge in [-0.1, -0.05) is 25.5 Å². The molecule has 0 saturated carbocycles. The minimum Gasteiger partial charge on any atom is -0.378 e. The number of nitrogens with two attached hydrogens (primary N) is 1. The minimum absolute atomic E-state index is 0. The Morgan fingerprint density at radius 3 is 2.55 bits per heavy atom. The predicted molar refractivity (Wildman–Crippen MR) is 88.8 cm³/mol. The molecule has 4 nitrogen and oxygen atoms in total. The van der Waals surface area contributed by atoms with Crippen molar-refractivity contribution in [1.82, 2.24) is 9.97 Å². The third-order valence-electron chi connectivity index (χ3n) is 2.68. The summed E-state index contributed by atoms with van der Waals surface area (Å²) in [6.07, 6.45) is 2.18. The Morgan fingerprint density at radius 2 is 1.90 bits per heavy atom. The molecule has 2 N–H and O–H groups in total. The van der Waals surface area contributed by atoms with E-state index in [9.17, 15) is 0 Å². The van der Waals surface area contributed by atoms with Crippen molar-refractivity contribution >= 4 is 40.4 Å². The van der Waals surface area contributed by atoms with E-state index in [4.69, 9.17) is 5.73 Å². The van der Waals surface area contributed by atoms with Crippen LogP contribution in [0.2, 0.25) is 0 Å². The topological polar surface area (TPSA) is 64.2 Å². The Hall–Kier alpha value is -1.33. The first-order valence-electron chi connectivity index (χ1n) is 6.42. The van der Waals surface area contributed by atoms with Crippen molar-refractivity contribution in [1.29, 1.82) is 0 Å². The lowest BCUT2D eigenvalue weighted by molar-refractivity contribution is 0.809. The SMILES string of the molecule is CCCCN=C(N)Sc1nc2ccccc2nc1C.Cl. The third-order valence-corrected chi connectivity index (χ3v) is 3.60. The van der Waals surface area contributed by atoms with E-state index in [0.717, 1.165) is 41.1 Å². The lowest BCUT2D eigenvalue weighted by Crippen LogP contribution is -2.08. The highest BCUT2D eigenvalue weighted by Crippen LogP contribution is 2.21. The lowest BCUT2D eigenvalue weighted by Gasteiger charge is -2.05. The monoisotopic (exact) mass is 310 g/mol. The summed E-state index contributed by atoms with van der Waals surface area (Å²) in [6, 6.07) is 7.84. The Bertz CT molecular complexity index is 601. The molecule has 108 valence electrons. The van der Waals surface area contributed by atoms with Crippen molar-refractivity contribution in [2.75, 3.05) is 6.54 Å². The first-order chi connectivity index (χ1) is 9.20. The van der Waals surface area contributed by atoms with Crippen LogP contribution in [0.25, 0.3) is 11.0 Å². The van der Waals surface area contributed by atoms with E-state index in [1.165, 1.54) is 11.8 Å². The molecule has 0 aliphatic rings. The maximum absolute atomic E-state index is 5.90. The van der Waals surface area contributed by atoms with Gasteiger partial charge in [0, 0.05) is 6.54 Å². The normalized spacial score (nSPS) is 11.4. The molecule has 0 spiro atoms. The molecule has 0 radical (unpaired) electrons. The van der Waals surface area contributed by atoms with Crippen LogP contribution in [0.1, 0.15) is 25.5 Å². The Labute approximate surface area is 129 Å². The number of hydrogen-bond donors (Lipinski definition) is 1. The number of rotatable bonds is 4. The largest absolute Gasteiger partial charge is 0.378 e. The highest BCUT2D eigenvalue weighted by molar-refractivity contribution is 8.13. The molecular weight excluding hydrogens is 292 g/mol. The number of aryl methyl sites for hydroxylation is 1. The van der Waals surface area contributed by atoms with E-state index in [-0.39, 0.29) is 12.4 Å². The summed E-state index contributed by atoms with van der Waals surface area (Å²) in [4.78, 5) is 13.4. The molecule has 6 heteroatoms. The van der Waals surface area contributed by atoms with Gasteiger partial charge in [0.25, 0.3) is 0 Å². The van der Waals surface area contributed by atoms with Gasteiger partial charge in [0.15, 0.2) is 5.17 Å². The molecule has 0 atom stereocenters. The van der Waals surface area contributed by atoms with Gasteiger partial charge in [-0.2, -0.15) is 0 Å². The molecule has 0 fully saturated rings. The van der Waals surface area contributed by atoms with Gasteiger partial charge >= 0.3 is 0 Å². The van der Waals surface area contributed by atoms with Gasteiger partial charge < -0.3 is 5.73 Å².